The van der Waals surface area contributed by atoms with Gasteiger partial charge in [0.05, 0.1) is 0 Å². The van der Waals surface area contributed by atoms with Gasteiger partial charge < -0.3 is 5.32 Å². The third-order valence-electron chi connectivity index (χ3n) is 3.65. The highest BCUT2D eigenvalue weighted by Gasteiger charge is 2.22. The highest BCUT2D eigenvalue weighted by molar-refractivity contribution is 5.35. The van der Waals surface area contributed by atoms with Gasteiger partial charge in [0.15, 0.2) is 5.69 Å². The molecule has 1 aromatic heterocycles. The molecule has 20 heavy (non-hydrogen) atoms. The van der Waals surface area contributed by atoms with Gasteiger partial charge in [-0.05, 0) is 37.4 Å². The summed E-state index contributed by atoms with van der Waals surface area (Å²) in [5.41, 5.74) is 0.356. The van der Waals surface area contributed by atoms with Crippen LogP contribution in [0.15, 0.2) is 12.1 Å². The lowest BCUT2D eigenvalue weighted by Gasteiger charge is -2.37. The van der Waals surface area contributed by atoms with Gasteiger partial charge in [-0.3, -0.25) is 4.90 Å². The smallest absolute Gasteiger partial charge is 0.163 e. The molecule has 0 bridgehead atoms. The van der Waals surface area contributed by atoms with Crippen LogP contribution in [0.3, 0.4) is 0 Å². The Morgan fingerprint density at radius 3 is 2.90 bits per heavy atom. The Morgan fingerprint density at radius 2 is 2.25 bits per heavy atom. The van der Waals surface area contributed by atoms with Crippen LogP contribution in [0.1, 0.15) is 38.8 Å². The summed E-state index contributed by atoms with van der Waals surface area (Å²) < 4.78 is 0. The lowest BCUT2D eigenvalue weighted by atomic mass is 10.0. The molecule has 5 nitrogen and oxygen atoms in total. The molecule has 1 unspecified atom stereocenters. The molecule has 2 rings (SSSR count). The van der Waals surface area contributed by atoms with Crippen LogP contribution in [0.5, 0.6) is 0 Å². The number of rotatable bonds is 5. The van der Waals surface area contributed by atoms with E-state index in [0.29, 0.717) is 17.7 Å². The van der Waals surface area contributed by atoms with E-state index in [0.717, 1.165) is 18.9 Å². The molecule has 0 radical (unpaired) electrons. The average molecular weight is 273 g/mol. The van der Waals surface area contributed by atoms with E-state index >= 15 is 0 Å². The van der Waals surface area contributed by atoms with Gasteiger partial charge in [0.1, 0.15) is 11.9 Å². The van der Waals surface area contributed by atoms with E-state index in [1.54, 1.807) is 6.07 Å². The summed E-state index contributed by atoms with van der Waals surface area (Å²) in [4.78, 5) is 2.58. The quantitative estimate of drug-likeness (QED) is 0.891. The van der Waals surface area contributed by atoms with Crippen molar-refractivity contribution in [3.8, 4) is 6.07 Å². The van der Waals surface area contributed by atoms with Gasteiger partial charge in [0, 0.05) is 19.1 Å². The molecule has 1 N–H and O–H groups in total. The van der Waals surface area contributed by atoms with Crippen molar-refractivity contribution in [2.45, 2.75) is 39.2 Å². The molecule has 2 heterocycles. The molecule has 5 heteroatoms. The van der Waals surface area contributed by atoms with E-state index in [1.165, 1.54) is 25.8 Å². The second-order valence-corrected chi connectivity index (χ2v) is 5.83. The Bertz CT molecular complexity index is 448. The third-order valence-corrected chi connectivity index (χ3v) is 3.65. The minimum absolute atomic E-state index is 0.356. The predicted octanol–water partition coefficient (Wildman–Crippen LogP) is 2.27. The van der Waals surface area contributed by atoms with Crippen molar-refractivity contribution in [3.05, 3.63) is 17.8 Å². The Morgan fingerprint density at radius 1 is 1.40 bits per heavy atom. The molecule has 108 valence electrons. The molecule has 0 saturated carbocycles. The molecule has 1 aliphatic heterocycles. The van der Waals surface area contributed by atoms with Crippen molar-refractivity contribution < 1.29 is 0 Å². The molecule has 0 amide bonds. The maximum atomic E-state index is 8.70. The Labute approximate surface area is 121 Å². The normalized spacial score (nSPS) is 19.8. The molecule has 1 aliphatic rings. The minimum atomic E-state index is 0.356. The van der Waals surface area contributed by atoms with Crippen LogP contribution >= 0.6 is 0 Å². The van der Waals surface area contributed by atoms with Crippen molar-refractivity contribution in [2.75, 3.05) is 25.0 Å². The fourth-order valence-electron chi connectivity index (χ4n) is 2.71. The first-order valence-electron chi connectivity index (χ1n) is 7.41. The minimum Gasteiger partial charge on any atom is -0.367 e. The fraction of sp³-hybridized carbons (Fsp3) is 0.667. The van der Waals surface area contributed by atoms with E-state index < -0.39 is 0 Å². The number of hydrogen-bond acceptors (Lipinski definition) is 5. The van der Waals surface area contributed by atoms with Crippen molar-refractivity contribution in [3.63, 3.8) is 0 Å². The number of nitriles is 1. The van der Waals surface area contributed by atoms with E-state index in [4.69, 9.17) is 5.26 Å². The van der Waals surface area contributed by atoms with Gasteiger partial charge in [-0.15, -0.1) is 10.2 Å². The van der Waals surface area contributed by atoms with Crippen LogP contribution in [0.25, 0.3) is 0 Å². The van der Waals surface area contributed by atoms with Crippen LogP contribution in [0.2, 0.25) is 0 Å². The highest BCUT2D eigenvalue weighted by Crippen LogP contribution is 2.18. The second kappa shape index (κ2) is 7.20. The van der Waals surface area contributed by atoms with Crippen LogP contribution in [-0.2, 0) is 0 Å². The van der Waals surface area contributed by atoms with Crippen LogP contribution in [0.4, 0.5) is 5.82 Å². The SMILES string of the molecule is CC(C)CN1CCCCC1CNc1ccc(C#N)nn1. The molecule has 1 saturated heterocycles. The molecular weight excluding hydrogens is 250 g/mol. The summed E-state index contributed by atoms with van der Waals surface area (Å²) in [6, 6.07) is 6.07. The van der Waals surface area contributed by atoms with Crippen LogP contribution in [0, 0.1) is 17.2 Å². The van der Waals surface area contributed by atoms with Gasteiger partial charge in [-0.2, -0.15) is 5.26 Å². The Hall–Kier alpha value is -1.67. The number of hydrogen-bond donors (Lipinski definition) is 1. The summed E-state index contributed by atoms with van der Waals surface area (Å²) in [6.45, 7) is 7.79. The maximum absolute atomic E-state index is 8.70. The lowest BCUT2D eigenvalue weighted by molar-refractivity contribution is 0.139. The first kappa shape index (κ1) is 14.7. The standard InChI is InChI=1S/C15H23N5/c1-12(2)11-20-8-4-3-5-14(20)10-17-15-7-6-13(9-16)18-19-15/h6-7,12,14H,3-5,8,10-11H2,1-2H3,(H,17,19). The topological polar surface area (TPSA) is 64.8 Å². The number of nitrogens with zero attached hydrogens (tertiary/aromatic N) is 4. The second-order valence-electron chi connectivity index (χ2n) is 5.83. The molecule has 1 aromatic rings. The van der Waals surface area contributed by atoms with Crippen molar-refractivity contribution in [1.82, 2.24) is 15.1 Å². The largest absolute Gasteiger partial charge is 0.367 e. The number of piperidine rings is 1. The number of anilines is 1. The molecule has 0 spiro atoms. The number of aromatic nitrogens is 2. The van der Waals surface area contributed by atoms with Crippen molar-refractivity contribution in [2.24, 2.45) is 5.92 Å². The van der Waals surface area contributed by atoms with Crippen molar-refractivity contribution >= 4 is 5.82 Å². The monoisotopic (exact) mass is 273 g/mol. The van der Waals surface area contributed by atoms with Gasteiger partial charge >= 0.3 is 0 Å². The fourth-order valence-corrected chi connectivity index (χ4v) is 2.71. The first-order chi connectivity index (χ1) is 9.69. The molecular formula is C15H23N5. The highest BCUT2D eigenvalue weighted by atomic mass is 15.2. The van der Waals surface area contributed by atoms with Gasteiger partial charge in [-0.25, -0.2) is 0 Å². The molecule has 0 aromatic carbocycles. The molecule has 1 fully saturated rings. The number of nitrogens with one attached hydrogen (secondary N) is 1. The zero-order valence-electron chi connectivity index (χ0n) is 12.3. The van der Waals surface area contributed by atoms with Gasteiger partial charge in [0.25, 0.3) is 0 Å². The summed E-state index contributed by atoms with van der Waals surface area (Å²) in [7, 11) is 0. The number of likely N-dealkylation sites (tertiary alicyclic amines) is 1. The van der Waals surface area contributed by atoms with Gasteiger partial charge in [0.2, 0.25) is 0 Å². The van der Waals surface area contributed by atoms with E-state index in [1.807, 2.05) is 12.1 Å². The zero-order valence-corrected chi connectivity index (χ0v) is 12.3. The third kappa shape index (κ3) is 4.17. The Balaban J connectivity index is 1.88. The predicted molar refractivity (Wildman–Crippen MR) is 79.3 cm³/mol. The summed E-state index contributed by atoms with van der Waals surface area (Å²) in [6.07, 6.45) is 3.85. The lowest BCUT2D eigenvalue weighted by Crippen LogP contribution is -2.45. The molecule has 1 atom stereocenters. The van der Waals surface area contributed by atoms with Gasteiger partial charge in [-0.1, -0.05) is 20.3 Å². The van der Waals surface area contributed by atoms with E-state index in [2.05, 4.69) is 34.3 Å². The maximum Gasteiger partial charge on any atom is 0.163 e. The first-order valence-corrected chi connectivity index (χ1v) is 7.41. The van der Waals surface area contributed by atoms with Crippen molar-refractivity contribution in [1.29, 1.82) is 5.26 Å². The summed E-state index contributed by atoms with van der Waals surface area (Å²) in [5.74, 6) is 1.45. The zero-order chi connectivity index (χ0) is 14.4. The van der Waals surface area contributed by atoms with Crippen LogP contribution in [-0.4, -0.2) is 40.8 Å². The van der Waals surface area contributed by atoms with E-state index in [-0.39, 0.29) is 0 Å². The Kier molecular flexibility index (Phi) is 5.31. The average Bonchev–Trinajstić information content (AvgIpc) is 2.46. The summed E-state index contributed by atoms with van der Waals surface area (Å²) >= 11 is 0. The molecule has 0 aliphatic carbocycles. The van der Waals surface area contributed by atoms with E-state index in [9.17, 15) is 0 Å². The summed E-state index contributed by atoms with van der Waals surface area (Å²) in [5, 5.41) is 19.9. The van der Waals surface area contributed by atoms with Crippen LogP contribution < -0.4 is 5.32 Å².